The summed E-state index contributed by atoms with van der Waals surface area (Å²) in [7, 11) is -3.39. The Morgan fingerprint density at radius 3 is 2.09 bits per heavy atom. The molecule has 2 aromatic carbocycles. The molecule has 6 nitrogen and oxygen atoms in total. The quantitative estimate of drug-likeness (QED) is 0.629. The molecule has 2 saturated carbocycles. The second-order valence-corrected chi connectivity index (χ2v) is 11.1. The molecular weight excluding hydrogens is 424 g/mol. The van der Waals surface area contributed by atoms with Gasteiger partial charge < -0.3 is 10.6 Å². The van der Waals surface area contributed by atoms with Crippen LogP contribution in [0.1, 0.15) is 68.1 Å². The van der Waals surface area contributed by atoms with Gasteiger partial charge >= 0.3 is 0 Å². The van der Waals surface area contributed by atoms with Crippen LogP contribution in [0.5, 0.6) is 0 Å². The van der Waals surface area contributed by atoms with E-state index in [1.54, 1.807) is 42.5 Å². The largest absolute Gasteiger partial charge is 0.326 e. The van der Waals surface area contributed by atoms with Crippen molar-refractivity contribution in [3.05, 3.63) is 54.1 Å². The number of benzene rings is 2. The summed E-state index contributed by atoms with van der Waals surface area (Å²) >= 11 is 0. The van der Waals surface area contributed by atoms with Gasteiger partial charge in [-0.25, -0.2) is 8.42 Å². The molecule has 2 aromatic rings. The van der Waals surface area contributed by atoms with Crippen LogP contribution in [0.3, 0.4) is 0 Å². The Balaban J connectivity index is 1.44. The fourth-order valence-electron chi connectivity index (χ4n) is 4.69. The Labute approximate surface area is 189 Å². The molecule has 2 fully saturated rings. The summed E-state index contributed by atoms with van der Waals surface area (Å²) in [6.45, 7) is 0. The van der Waals surface area contributed by atoms with Crippen molar-refractivity contribution in [2.24, 2.45) is 5.92 Å². The van der Waals surface area contributed by atoms with Crippen molar-refractivity contribution >= 4 is 33.0 Å². The number of hydrogen-bond acceptors (Lipinski definition) is 4. The van der Waals surface area contributed by atoms with Crippen LogP contribution in [-0.2, 0) is 14.6 Å². The van der Waals surface area contributed by atoms with Crippen molar-refractivity contribution in [2.75, 3.05) is 10.6 Å². The summed E-state index contributed by atoms with van der Waals surface area (Å²) in [6.07, 6.45) is 8.42. The fraction of sp³-hybridized carbons (Fsp3) is 0.440. The Kier molecular flexibility index (Phi) is 6.94. The van der Waals surface area contributed by atoms with Gasteiger partial charge in [0.25, 0.3) is 5.91 Å². The van der Waals surface area contributed by atoms with Crippen LogP contribution in [0, 0.1) is 5.92 Å². The van der Waals surface area contributed by atoms with E-state index in [1.165, 1.54) is 12.5 Å². The highest BCUT2D eigenvalue weighted by molar-refractivity contribution is 7.92. The summed E-state index contributed by atoms with van der Waals surface area (Å²) in [5.41, 5.74) is 1.42. The maximum atomic E-state index is 12.9. The minimum atomic E-state index is -3.39. The molecule has 32 heavy (non-hydrogen) atoms. The molecule has 0 atom stereocenters. The second-order valence-electron chi connectivity index (χ2n) is 8.84. The zero-order valence-corrected chi connectivity index (χ0v) is 19.0. The van der Waals surface area contributed by atoms with Gasteiger partial charge in [-0.15, -0.1) is 0 Å². The van der Waals surface area contributed by atoms with E-state index < -0.39 is 9.84 Å². The van der Waals surface area contributed by atoms with Crippen molar-refractivity contribution in [2.45, 2.75) is 67.9 Å². The minimum absolute atomic E-state index is 0.00655. The molecule has 0 radical (unpaired) electrons. The lowest BCUT2D eigenvalue weighted by atomic mass is 9.88. The third-order valence-electron chi connectivity index (χ3n) is 6.53. The number of sulfone groups is 1. The zero-order valence-electron chi connectivity index (χ0n) is 18.2. The highest BCUT2D eigenvalue weighted by Gasteiger charge is 2.30. The van der Waals surface area contributed by atoms with Gasteiger partial charge in [-0.2, -0.15) is 0 Å². The summed E-state index contributed by atoms with van der Waals surface area (Å²) < 4.78 is 25.7. The summed E-state index contributed by atoms with van der Waals surface area (Å²) in [6, 6.07) is 13.3. The van der Waals surface area contributed by atoms with Gasteiger partial charge in [-0.1, -0.05) is 44.2 Å². The van der Waals surface area contributed by atoms with Gasteiger partial charge in [-0.05, 0) is 62.1 Å². The number of rotatable bonds is 6. The number of carbonyl (C=O) groups excluding carboxylic acids is 2. The molecule has 7 heteroatoms. The lowest BCUT2D eigenvalue weighted by Crippen LogP contribution is -2.24. The summed E-state index contributed by atoms with van der Waals surface area (Å²) in [5, 5.41) is 5.39. The lowest BCUT2D eigenvalue weighted by molar-refractivity contribution is -0.120. The highest BCUT2D eigenvalue weighted by Crippen LogP contribution is 2.30. The minimum Gasteiger partial charge on any atom is -0.326 e. The smallest absolute Gasteiger partial charge is 0.255 e. The fourth-order valence-corrected chi connectivity index (χ4v) is 6.59. The van der Waals surface area contributed by atoms with Crippen molar-refractivity contribution in [3.63, 3.8) is 0 Å². The Bertz CT molecular complexity index is 1080. The molecule has 0 aromatic heterocycles. The first-order chi connectivity index (χ1) is 15.4. The summed E-state index contributed by atoms with van der Waals surface area (Å²) in [5.74, 6) is -0.313. The molecule has 2 N–H and O–H groups in total. The maximum Gasteiger partial charge on any atom is 0.255 e. The van der Waals surface area contributed by atoms with Gasteiger partial charge in [0.05, 0.1) is 10.1 Å². The number of nitrogens with one attached hydrogen (secondary N) is 2. The van der Waals surface area contributed by atoms with E-state index in [-0.39, 0.29) is 27.9 Å². The van der Waals surface area contributed by atoms with Crippen LogP contribution in [0.2, 0.25) is 0 Å². The molecule has 0 heterocycles. The van der Waals surface area contributed by atoms with E-state index in [0.29, 0.717) is 29.8 Å². The molecule has 0 unspecified atom stereocenters. The van der Waals surface area contributed by atoms with Crippen LogP contribution < -0.4 is 10.6 Å². The molecule has 0 aliphatic heterocycles. The highest BCUT2D eigenvalue weighted by atomic mass is 32.2. The Morgan fingerprint density at radius 2 is 1.38 bits per heavy atom. The third-order valence-corrected chi connectivity index (χ3v) is 8.79. The Morgan fingerprint density at radius 1 is 0.750 bits per heavy atom. The predicted molar refractivity (Wildman–Crippen MR) is 125 cm³/mol. The lowest BCUT2D eigenvalue weighted by Gasteiger charge is -2.20. The molecule has 0 bridgehead atoms. The first kappa shape index (κ1) is 22.5. The van der Waals surface area contributed by atoms with Gasteiger partial charge in [0.15, 0.2) is 9.84 Å². The van der Waals surface area contributed by atoms with Crippen LogP contribution in [0.15, 0.2) is 53.4 Å². The molecular formula is C25H30N2O4S. The number of amides is 2. The molecule has 2 aliphatic carbocycles. The van der Waals surface area contributed by atoms with Crippen molar-refractivity contribution in [1.82, 2.24) is 0 Å². The number of hydrogen-bond donors (Lipinski definition) is 2. The van der Waals surface area contributed by atoms with Gasteiger partial charge in [0, 0.05) is 22.9 Å². The molecule has 0 spiro atoms. The predicted octanol–water partition coefficient (Wildman–Crippen LogP) is 5.17. The van der Waals surface area contributed by atoms with E-state index in [9.17, 15) is 18.0 Å². The van der Waals surface area contributed by atoms with Crippen LogP contribution in [-0.4, -0.2) is 25.5 Å². The molecule has 170 valence electrons. The van der Waals surface area contributed by atoms with E-state index in [1.807, 2.05) is 0 Å². The third kappa shape index (κ3) is 5.21. The van der Waals surface area contributed by atoms with E-state index >= 15 is 0 Å². The van der Waals surface area contributed by atoms with Crippen LogP contribution >= 0.6 is 0 Å². The van der Waals surface area contributed by atoms with Gasteiger partial charge in [0.1, 0.15) is 0 Å². The first-order valence-electron chi connectivity index (χ1n) is 11.5. The molecule has 2 amide bonds. The normalized spacial score (nSPS) is 17.8. The molecule has 4 rings (SSSR count). The first-order valence-corrected chi connectivity index (χ1v) is 13.0. The van der Waals surface area contributed by atoms with Crippen molar-refractivity contribution in [1.29, 1.82) is 0 Å². The monoisotopic (exact) mass is 454 g/mol. The molecule has 0 saturated heterocycles. The van der Waals surface area contributed by atoms with E-state index in [4.69, 9.17) is 0 Å². The van der Waals surface area contributed by atoms with Gasteiger partial charge in [0.2, 0.25) is 5.91 Å². The average molecular weight is 455 g/mol. The Hall–Kier alpha value is -2.67. The number of anilines is 2. The topological polar surface area (TPSA) is 92.3 Å². The second kappa shape index (κ2) is 9.86. The SMILES string of the molecule is O=C(Nc1cccc(S(=O)(=O)C2CCCC2)c1)c1cccc(NC(=O)C2CCCCC2)c1. The van der Waals surface area contributed by atoms with E-state index in [0.717, 1.165) is 38.5 Å². The van der Waals surface area contributed by atoms with Crippen molar-refractivity contribution < 1.29 is 18.0 Å². The van der Waals surface area contributed by atoms with Crippen LogP contribution in [0.25, 0.3) is 0 Å². The maximum absolute atomic E-state index is 12.9. The van der Waals surface area contributed by atoms with E-state index in [2.05, 4.69) is 10.6 Å². The average Bonchev–Trinajstić information content (AvgIpc) is 3.36. The summed E-state index contributed by atoms with van der Waals surface area (Å²) in [4.78, 5) is 25.6. The number of carbonyl (C=O) groups is 2. The standard InChI is InChI=1S/C25H30N2O4S/c28-24(18-8-2-1-3-9-18)26-20-11-6-10-19(16-20)25(29)27-21-12-7-15-23(17-21)32(30,31)22-13-4-5-14-22/h6-7,10-12,15-18,22H,1-5,8-9,13-14H2,(H,26,28)(H,27,29). The molecule has 2 aliphatic rings. The van der Waals surface area contributed by atoms with Gasteiger partial charge in [-0.3, -0.25) is 9.59 Å². The zero-order chi connectivity index (χ0) is 22.6. The van der Waals surface area contributed by atoms with Crippen molar-refractivity contribution in [3.8, 4) is 0 Å². The van der Waals surface area contributed by atoms with Crippen LogP contribution in [0.4, 0.5) is 11.4 Å².